The number of esters is 1. The van der Waals surface area contributed by atoms with Crippen LogP contribution in [0.4, 0.5) is 5.82 Å². The fourth-order valence-electron chi connectivity index (χ4n) is 4.19. The molecule has 2 aromatic heterocycles. The lowest BCUT2D eigenvalue weighted by Crippen LogP contribution is -2.41. The zero-order valence-corrected chi connectivity index (χ0v) is 21.6. The minimum Gasteiger partial charge on any atom is -0.466 e. The van der Waals surface area contributed by atoms with Gasteiger partial charge in [0.25, 0.3) is 0 Å². The van der Waals surface area contributed by atoms with E-state index in [0.717, 1.165) is 0 Å². The van der Waals surface area contributed by atoms with Crippen LogP contribution >= 0.6 is 7.60 Å². The first-order valence-corrected chi connectivity index (χ1v) is 13.6. The lowest BCUT2D eigenvalue weighted by Gasteiger charge is -2.25. The molecule has 4 N–H and O–H groups in total. The number of fused-ring (bicyclic) bond motifs is 1. The summed E-state index contributed by atoms with van der Waals surface area (Å²) in [6.45, 7) is 2.80. The van der Waals surface area contributed by atoms with Crippen molar-refractivity contribution in [2.75, 3.05) is 25.1 Å². The maximum atomic E-state index is 13.8. The van der Waals surface area contributed by atoms with Gasteiger partial charge in [0.05, 0.1) is 31.0 Å². The highest BCUT2D eigenvalue weighted by molar-refractivity contribution is 7.54. The van der Waals surface area contributed by atoms with E-state index in [4.69, 9.17) is 24.3 Å². The maximum absolute atomic E-state index is 13.8. The molecule has 202 valence electrons. The standard InChI is InChI=1S/C24H28N5O8P/c1-3-34-23(32)15(2)12-38(33,37-16-7-5-4-6-8-16)35-11-18-20(30)21(31)24(13-25,36-18)19-10-9-17-22(26)27-14-28-29(17)19/h4-10,14-15,18,20-21,30-31H,3,11-12H2,1-2H3,(H2,26,27,28)/t15-,18-,20-,21-,24+,38?/m1/s1. The number of nitrogen functional groups attached to an aromatic ring is 1. The Balaban J connectivity index is 1.58. The summed E-state index contributed by atoms with van der Waals surface area (Å²) in [5.74, 6) is -1.03. The van der Waals surface area contributed by atoms with Crippen molar-refractivity contribution in [3.63, 3.8) is 0 Å². The molecule has 38 heavy (non-hydrogen) atoms. The Morgan fingerprint density at radius 1 is 1.32 bits per heavy atom. The molecule has 4 rings (SSSR count). The van der Waals surface area contributed by atoms with Gasteiger partial charge in [0.2, 0.25) is 5.60 Å². The van der Waals surface area contributed by atoms with Crippen LogP contribution in [0.3, 0.4) is 0 Å². The summed E-state index contributed by atoms with van der Waals surface area (Å²) in [7, 11) is -4.03. The third kappa shape index (κ3) is 5.22. The predicted octanol–water partition coefficient (Wildman–Crippen LogP) is 1.64. The van der Waals surface area contributed by atoms with E-state index in [1.165, 1.54) is 23.8 Å². The number of hydrogen-bond donors (Lipinski definition) is 3. The highest BCUT2D eigenvalue weighted by Gasteiger charge is 2.58. The Bertz CT molecular complexity index is 1380. The van der Waals surface area contributed by atoms with Crippen LogP contribution in [-0.2, 0) is 29.0 Å². The van der Waals surface area contributed by atoms with E-state index in [2.05, 4.69) is 10.1 Å². The molecule has 1 aromatic carbocycles. The molecular formula is C24H28N5O8P. The summed E-state index contributed by atoms with van der Waals surface area (Å²) in [6.07, 6.45) is -3.76. The number of nitrogens with zero attached hydrogens (tertiary/aromatic N) is 4. The zero-order chi connectivity index (χ0) is 27.5. The molecule has 0 spiro atoms. The van der Waals surface area contributed by atoms with Gasteiger partial charge in [0, 0.05) is 0 Å². The molecule has 0 saturated carbocycles. The number of hydrogen-bond acceptors (Lipinski definition) is 12. The lowest BCUT2D eigenvalue weighted by atomic mass is 9.92. The molecule has 6 atom stereocenters. The number of aliphatic hydroxyl groups excluding tert-OH is 2. The van der Waals surface area contributed by atoms with E-state index in [0.29, 0.717) is 5.52 Å². The molecule has 3 aromatic rings. The number of nitriles is 1. The highest BCUT2D eigenvalue weighted by atomic mass is 31.2. The largest absolute Gasteiger partial charge is 0.466 e. The first-order chi connectivity index (χ1) is 18.1. The molecule has 1 unspecified atom stereocenters. The van der Waals surface area contributed by atoms with Crippen LogP contribution in [0, 0.1) is 17.2 Å². The Morgan fingerprint density at radius 3 is 2.74 bits per heavy atom. The van der Waals surface area contributed by atoms with Crippen LogP contribution in [0.15, 0.2) is 48.8 Å². The number of benzene rings is 1. The quantitative estimate of drug-likeness (QED) is 0.247. The van der Waals surface area contributed by atoms with Crippen LogP contribution in [-0.4, -0.2) is 68.5 Å². The molecule has 3 heterocycles. The average molecular weight is 545 g/mol. The third-order valence-corrected chi connectivity index (χ3v) is 8.12. The van der Waals surface area contributed by atoms with Crippen molar-refractivity contribution in [3.05, 3.63) is 54.5 Å². The van der Waals surface area contributed by atoms with Gasteiger partial charge in [-0.1, -0.05) is 25.1 Å². The summed E-state index contributed by atoms with van der Waals surface area (Å²) >= 11 is 0. The van der Waals surface area contributed by atoms with Crippen molar-refractivity contribution >= 4 is 24.9 Å². The van der Waals surface area contributed by atoms with Crippen LogP contribution in [0.1, 0.15) is 19.5 Å². The van der Waals surface area contributed by atoms with Gasteiger partial charge in [-0.05, 0) is 31.2 Å². The SMILES string of the molecule is CCOC(=O)[C@H](C)CP(=O)(OC[C@H]1O[C@@](C#N)(c2ccc3c(N)ncnn23)[C@H](O)[C@@H]1O)Oc1ccccc1. The Morgan fingerprint density at radius 2 is 2.05 bits per heavy atom. The van der Waals surface area contributed by atoms with E-state index in [1.807, 2.05) is 6.07 Å². The van der Waals surface area contributed by atoms with Crippen molar-refractivity contribution in [3.8, 4) is 11.8 Å². The number of nitrogens with two attached hydrogens (primary N) is 1. The Hall–Kier alpha value is -3.53. The molecule has 0 aliphatic carbocycles. The number of rotatable bonds is 10. The molecule has 14 heteroatoms. The minimum absolute atomic E-state index is 0.109. The molecule has 1 saturated heterocycles. The second kappa shape index (κ2) is 11.1. The smallest absolute Gasteiger partial charge is 0.380 e. The Labute approximate surface area is 218 Å². The fourth-order valence-corrected chi connectivity index (χ4v) is 6.06. The van der Waals surface area contributed by atoms with Crippen LogP contribution in [0.2, 0.25) is 0 Å². The summed E-state index contributed by atoms with van der Waals surface area (Å²) in [5, 5.41) is 35.9. The van der Waals surface area contributed by atoms with E-state index in [9.17, 15) is 24.8 Å². The average Bonchev–Trinajstić information content (AvgIpc) is 3.44. The molecule has 0 amide bonds. The van der Waals surface area contributed by atoms with Gasteiger partial charge in [0.1, 0.15) is 42.0 Å². The van der Waals surface area contributed by atoms with Gasteiger partial charge < -0.3 is 29.9 Å². The van der Waals surface area contributed by atoms with E-state index >= 15 is 0 Å². The summed E-state index contributed by atoms with van der Waals surface area (Å²) in [5.41, 5.74) is 4.30. The monoisotopic (exact) mass is 545 g/mol. The molecular weight excluding hydrogens is 517 g/mol. The first kappa shape index (κ1) is 27.5. The summed E-state index contributed by atoms with van der Waals surface area (Å²) in [6, 6.07) is 13.2. The van der Waals surface area contributed by atoms with Gasteiger partial charge in [-0.3, -0.25) is 9.32 Å². The molecule has 0 radical (unpaired) electrons. The number of aliphatic hydroxyl groups is 2. The van der Waals surface area contributed by atoms with Crippen molar-refractivity contribution in [1.29, 1.82) is 5.26 Å². The van der Waals surface area contributed by atoms with Gasteiger partial charge in [-0.15, -0.1) is 0 Å². The lowest BCUT2D eigenvalue weighted by molar-refractivity contribution is -0.146. The molecule has 13 nitrogen and oxygen atoms in total. The number of para-hydroxylation sites is 1. The zero-order valence-electron chi connectivity index (χ0n) is 20.7. The number of ether oxygens (including phenoxy) is 2. The second-order valence-electron chi connectivity index (χ2n) is 8.75. The summed E-state index contributed by atoms with van der Waals surface area (Å²) in [4.78, 5) is 16.1. The van der Waals surface area contributed by atoms with Crippen molar-refractivity contribution < 1.29 is 38.1 Å². The van der Waals surface area contributed by atoms with Crippen LogP contribution in [0.25, 0.3) is 5.52 Å². The normalized spacial score (nSPS) is 25.4. The van der Waals surface area contributed by atoms with Crippen LogP contribution in [0.5, 0.6) is 5.75 Å². The highest BCUT2D eigenvalue weighted by Crippen LogP contribution is 2.51. The molecule has 1 aliphatic heterocycles. The van der Waals surface area contributed by atoms with Crippen molar-refractivity contribution in [2.45, 2.75) is 37.8 Å². The fraction of sp³-hybridized carbons (Fsp3) is 0.417. The second-order valence-corrected chi connectivity index (χ2v) is 10.8. The molecule has 0 bridgehead atoms. The maximum Gasteiger partial charge on any atom is 0.380 e. The van der Waals surface area contributed by atoms with E-state index < -0.39 is 50.0 Å². The predicted molar refractivity (Wildman–Crippen MR) is 133 cm³/mol. The van der Waals surface area contributed by atoms with Crippen molar-refractivity contribution in [1.82, 2.24) is 14.6 Å². The topological polar surface area (TPSA) is 192 Å². The third-order valence-electron chi connectivity index (χ3n) is 6.10. The number of aromatic nitrogens is 3. The van der Waals surface area contributed by atoms with Gasteiger partial charge in [0.15, 0.2) is 5.82 Å². The Kier molecular flexibility index (Phi) is 8.01. The number of carbonyl (C=O) groups is 1. The first-order valence-electron chi connectivity index (χ1n) is 11.8. The number of anilines is 1. The molecule has 1 aliphatic rings. The van der Waals surface area contributed by atoms with Crippen molar-refractivity contribution in [2.24, 2.45) is 5.92 Å². The van der Waals surface area contributed by atoms with Crippen LogP contribution < -0.4 is 10.3 Å². The van der Waals surface area contributed by atoms with Gasteiger partial charge >= 0.3 is 13.6 Å². The minimum atomic E-state index is -4.03. The van der Waals surface area contributed by atoms with E-state index in [1.54, 1.807) is 43.3 Å². The molecule has 1 fully saturated rings. The summed E-state index contributed by atoms with van der Waals surface area (Å²) < 4.78 is 37.3. The number of carbonyl (C=O) groups excluding carboxylic acids is 1. The van der Waals surface area contributed by atoms with Gasteiger partial charge in [-0.25, -0.2) is 14.1 Å². The van der Waals surface area contributed by atoms with E-state index in [-0.39, 0.29) is 30.0 Å². The van der Waals surface area contributed by atoms with Gasteiger partial charge in [-0.2, -0.15) is 10.4 Å².